The van der Waals surface area contributed by atoms with Gasteiger partial charge in [0.15, 0.2) is 0 Å². The Morgan fingerprint density at radius 2 is 2.14 bits per heavy atom. The van der Waals surface area contributed by atoms with Gasteiger partial charge in [0.05, 0.1) is 11.4 Å². The van der Waals surface area contributed by atoms with Crippen LogP contribution in [0.4, 0.5) is 0 Å². The van der Waals surface area contributed by atoms with Crippen LogP contribution in [0, 0.1) is 0 Å². The molecule has 14 heavy (non-hydrogen) atoms. The third-order valence-electron chi connectivity index (χ3n) is 1.79. The topological polar surface area (TPSA) is 16.1 Å². The van der Waals surface area contributed by atoms with Crippen LogP contribution in [0.15, 0.2) is 42.6 Å². The van der Waals surface area contributed by atoms with Crippen LogP contribution >= 0.6 is 0 Å². The first-order valence-electron chi connectivity index (χ1n) is 4.57. The summed E-state index contributed by atoms with van der Waals surface area (Å²) < 4.78 is 0. The van der Waals surface area contributed by atoms with E-state index in [0.717, 1.165) is 17.0 Å². The van der Waals surface area contributed by atoms with Gasteiger partial charge in [0.1, 0.15) is 0 Å². The molecule has 0 aliphatic carbocycles. The number of aromatic nitrogens is 1. The maximum Gasteiger partial charge on any atom is 0.0862 e. The van der Waals surface area contributed by atoms with Crippen molar-refractivity contribution in [2.75, 3.05) is 14.1 Å². The first-order valence-corrected chi connectivity index (χ1v) is 4.57. The average Bonchev–Trinajstić information content (AvgIpc) is 2.15. The molecule has 1 aromatic heterocycles. The van der Waals surface area contributed by atoms with E-state index in [-0.39, 0.29) is 0 Å². The summed E-state index contributed by atoms with van der Waals surface area (Å²) in [5.41, 5.74) is 3.08. The largest absolute Gasteiger partial charge is 0.376 e. The van der Waals surface area contributed by atoms with Crippen LogP contribution in [0.3, 0.4) is 0 Å². The average molecular weight is 188 g/mol. The zero-order valence-corrected chi connectivity index (χ0v) is 8.99. The Morgan fingerprint density at radius 3 is 2.57 bits per heavy atom. The summed E-state index contributed by atoms with van der Waals surface area (Å²) >= 11 is 0. The highest BCUT2D eigenvalue weighted by molar-refractivity contribution is 5.63. The molecule has 0 saturated carbocycles. The molecule has 1 aromatic rings. The van der Waals surface area contributed by atoms with Crippen LogP contribution in [0.1, 0.15) is 12.6 Å². The van der Waals surface area contributed by atoms with E-state index in [9.17, 15) is 0 Å². The fraction of sp³-hybridized carbons (Fsp3) is 0.250. The molecule has 0 aliphatic heterocycles. The molecule has 0 amide bonds. The SMILES string of the molecule is C=C(C)/C=C(/c1ccccn1)N(C)C. The van der Waals surface area contributed by atoms with Crippen molar-refractivity contribution in [2.24, 2.45) is 0 Å². The molecule has 1 rings (SSSR count). The van der Waals surface area contributed by atoms with Crippen molar-refractivity contribution < 1.29 is 0 Å². The predicted molar refractivity (Wildman–Crippen MR) is 60.7 cm³/mol. The summed E-state index contributed by atoms with van der Waals surface area (Å²) in [6, 6.07) is 5.89. The summed E-state index contributed by atoms with van der Waals surface area (Å²) in [4.78, 5) is 6.34. The minimum Gasteiger partial charge on any atom is -0.376 e. The maximum absolute atomic E-state index is 4.30. The van der Waals surface area contributed by atoms with Crippen molar-refractivity contribution in [1.29, 1.82) is 0 Å². The highest BCUT2D eigenvalue weighted by atomic mass is 15.1. The minimum absolute atomic E-state index is 0.973. The Hall–Kier alpha value is -1.57. The molecule has 0 atom stereocenters. The molecule has 0 spiro atoms. The highest BCUT2D eigenvalue weighted by Crippen LogP contribution is 2.15. The summed E-state index contributed by atoms with van der Waals surface area (Å²) in [6.07, 6.45) is 3.83. The van der Waals surface area contributed by atoms with Crippen molar-refractivity contribution in [3.05, 3.63) is 48.3 Å². The first-order chi connectivity index (χ1) is 6.61. The Labute approximate surface area is 85.6 Å². The molecule has 74 valence electrons. The maximum atomic E-state index is 4.30. The van der Waals surface area contributed by atoms with E-state index in [1.165, 1.54) is 0 Å². The van der Waals surface area contributed by atoms with Gasteiger partial charge in [-0.15, -0.1) is 0 Å². The molecule has 0 radical (unpaired) electrons. The standard InChI is InChI=1S/C12H16N2/c1-10(2)9-12(14(3)4)11-7-5-6-8-13-11/h5-9H,1H2,2-4H3/b12-9-. The fourth-order valence-electron chi connectivity index (χ4n) is 1.18. The number of rotatable bonds is 3. The quantitative estimate of drug-likeness (QED) is 0.678. The lowest BCUT2D eigenvalue weighted by Crippen LogP contribution is -2.11. The van der Waals surface area contributed by atoms with Crippen LogP contribution in [0.5, 0.6) is 0 Å². The summed E-state index contributed by atoms with van der Waals surface area (Å²) in [7, 11) is 4.01. The lowest BCUT2D eigenvalue weighted by Gasteiger charge is -2.16. The van der Waals surface area contributed by atoms with Crippen molar-refractivity contribution >= 4 is 5.70 Å². The minimum atomic E-state index is 0.973. The van der Waals surface area contributed by atoms with Gasteiger partial charge in [0.25, 0.3) is 0 Å². The first kappa shape index (κ1) is 10.5. The van der Waals surface area contributed by atoms with E-state index in [2.05, 4.69) is 11.6 Å². The van der Waals surface area contributed by atoms with Gasteiger partial charge in [0.2, 0.25) is 0 Å². The van der Waals surface area contributed by atoms with Crippen molar-refractivity contribution in [1.82, 2.24) is 9.88 Å². The zero-order chi connectivity index (χ0) is 10.6. The molecule has 0 aliphatic rings. The second-order valence-electron chi connectivity index (χ2n) is 3.49. The molecule has 0 saturated heterocycles. The number of allylic oxidation sites excluding steroid dienone is 2. The molecule has 0 unspecified atom stereocenters. The van der Waals surface area contributed by atoms with E-state index in [1.807, 2.05) is 50.2 Å². The Kier molecular flexibility index (Phi) is 3.46. The fourth-order valence-corrected chi connectivity index (χ4v) is 1.18. The zero-order valence-electron chi connectivity index (χ0n) is 8.99. The van der Waals surface area contributed by atoms with Gasteiger partial charge in [0, 0.05) is 20.3 Å². The van der Waals surface area contributed by atoms with Gasteiger partial charge in [-0.1, -0.05) is 18.2 Å². The molecule has 0 aromatic carbocycles. The summed E-state index contributed by atoms with van der Waals surface area (Å²) in [5, 5.41) is 0. The van der Waals surface area contributed by atoms with E-state index in [1.54, 1.807) is 6.20 Å². The number of hydrogen-bond donors (Lipinski definition) is 0. The van der Waals surface area contributed by atoms with E-state index >= 15 is 0 Å². The predicted octanol–water partition coefficient (Wildman–Crippen LogP) is 2.56. The van der Waals surface area contributed by atoms with Crippen LogP contribution < -0.4 is 0 Å². The Bertz CT molecular complexity index is 337. The lowest BCUT2D eigenvalue weighted by atomic mass is 10.2. The Morgan fingerprint density at radius 1 is 1.43 bits per heavy atom. The van der Waals surface area contributed by atoms with Gasteiger partial charge in [-0.05, 0) is 25.1 Å². The molecule has 0 bridgehead atoms. The van der Waals surface area contributed by atoms with E-state index < -0.39 is 0 Å². The van der Waals surface area contributed by atoms with Gasteiger partial charge < -0.3 is 4.90 Å². The number of pyridine rings is 1. The normalized spacial score (nSPS) is 11.2. The van der Waals surface area contributed by atoms with Crippen LogP contribution in [-0.2, 0) is 0 Å². The molecule has 1 heterocycles. The van der Waals surface area contributed by atoms with E-state index in [0.29, 0.717) is 0 Å². The van der Waals surface area contributed by atoms with E-state index in [4.69, 9.17) is 0 Å². The molecule has 0 fully saturated rings. The Balaban J connectivity index is 3.08. The van der Waals surface area contributed by atoms with Crippen LogP contribution in [0.25, 0.3) is 5.70 Å². The second-order valence-corrected chi connectivity index (χ2v) is 3.49. The summed E-state index contributed by atoms with van der Waals surface area (Å²) in [6.45, 7) is 5.85. The monoisotopic (exact) mass is 188 g/mol. The second kappa shape index (κ2) is 4.61. The lowest BCUT2D eigenvalue weighted by molar-refractivity contribution is 0.588. The van der Waals surface area contributed by atoms with Gasteiger partial charge >= 0.3 is 0 Å². The van der Waals surface area contributed by atoms with Gasteiger partial charge in [-0.2, -0.15) is 0 Å². The van der Waals surface area contributed by atoms with Crippen molar-refractivity contribution in [3.63, 3.8) is 0 Å². The third-order valence-corrected chi connectivity index (χ3v) is 1.79. The number of hydrogen-bond acceptors (Lipinski definition) is 2. The van der Waals surface area contributed by atoms with Gasteiger partial charge in [-0.3, -0.25) is 4.98 Å². The molecule has 0 N–H and O–H groups in total. The smallest absolute Gasteiger partial charge is 0.0862 e. The molecule has 2 heteroatoms. The van der Waals surface area contributed by atoms with Gasteiger partial charge in [-0.25, -0.2) is 0 Å². The summed E-state index contributed by atoms with van der Waals surface area (Å²) in [5.74, 6) is 0. The van der Waals surface area contributed by atoms with Crippen LogP contribution in [0.2, 0.25) is 0 Å². The molecular weight excluding hydrogens is 172 g/mol. The van der Waals surface area contributed by atoms with Crippen molar-refractivity contribution in [2.45, 2.75) is 6.92 Å². The number of nitrogens with zero attached hydrogens (tertiary/aromatic N) is 2. The molecular formula is C12H16N2. The third kappa shape index (κ3) is 2.73. The highest BCUT2D eigenvalue weighted by Gasteiger charge is 2.03. The van der Waals surface area contributed by atoms with Crippen molar-refractivity contribution in [3.8, 4) is 0 Å². The molecule has 2 nitrogen and oxygen atoms in total. The van der Waals surface area contributed by atoms with Crippen LogP contribution in [-0.4, -0.2) is 24.0 Å².